The van der Waals surface area contributed by atoms with Gasteiger partial charge in [-0.05, 0) is 25.1 Å². The van der Waals surface area contributed by atoms with E-state index < -0.39 is 29.5 Å². The molecule has 0 N–H and O–H groups in total. The number of carbonyl (C=O) groups excluding carboxylic acids is 1. The van der Waals surface area contributed by atoms with Gasteiger partial charge in [-0.3, -0.25) is 0 Å². The number of benzene rings is 1. The Kier molecular flexibility index (Phi) is 5.27. The van der Waals surface area contributed by atoms with E-state index in [9.17, 15) is 13.6 Å². The van der Waals surface area contributed by atoms with Crippen LogP contribution in [0.2, 0.25) is 0 Å². The molecule has 3 nitrogen and oxygen atoms in total. The number of ether oxygens (including phenoxy) is 2. The smallest absolute Gasteiger partial charge is 0.330 e. The Bertz CT molecular complexity index is 451. The van der Waals surface area contributed by atoms with E-state index in [0.29, 0.717) is 0 Å². The van der Waals surface area contributed by atoms with Crippen LogP contribution < -0.4 is 4.74 Å². The van der Waals surface area contributed by atoms with Crippen molar-refractivity contribution in [1.82, 2.24) is 0 Å². The Hall–Kier alpha value is -1.43. The number of esters is 1. The van der Waals surface area contributed by atoms with E-state index in [-0.39, 0.29) is 4.47 Å². The molecule has 0 saturated carbocycles. The Balaban J connectivity index is 2.79. The number of methoxy groups -OCH3 is 1. The molecule has 0 bridgehead atoms. The van der Waals surface area contributed by atoms with E-state index in [1.165, 1.54) is 13.2 Å². The molecule has 1 aromatic rings. The van der Waals surface area contributed by atoms with Crippen molar-refractivity contribution in [3.05, 3.63) is 40.4 Å². The first-order chi connectivity index (χ1) is 8.43. The van der Waals surface area contributed by atoms with Gasteiger partial charge in [0.2, 0.25) is 0 Å². The average Bonchev–Trinajstić information content (AvgIpc) is 2.30. The molecule has 1 aromatic carbocycles. The van der Waals surface area contributed by atoms with E-state index in [2.05, 4.69) is 20.7 Å². The maximum absolute atomic E-state index is 13.4. The molecule has 1 rings (SSSR count). The quantitative estimate of drug-likeness (QED) is 0.631. The van der Waals surface area contributed by atoms with Crippen LogP contribution in [0.3, 0.4) is 0 Å². The fraction of sp³-hybridized carbons (Fsp3) is 0.250. The minimum atomic E-state index is -0.819. The highest BCUT2D eigenvalue weighted by Gasteiger charge is 2.14. The van der Waals surface area contributed by atoms with Crippen LogP contribution in [0.25, 0.3) is 0 Å². The Morgan fingerprint density at radius 2 is 1.94 bits per heavy atom. The Morgan fingerprint density at radius 3 is 2.44 bits per heavy atom. The van der Waals surface area contributed by atoms with Crippen molar-refractivity contribution in [3.63, 3.8) is 0 Å². The van der Waals surface area contributed by atoms with Crippen molar-refractivity contribution in [2.75, 3.05) is 7.11 Å². The van der Waals surface area contributed by atoms with E-state index in [0.717, 1.165) is 18.2 Å². The van der Waals surface area contributed by atoms with Gasteiger partial charge >= 0.3 is 5.97 Å². The summed E-state index contributed by atoms with van der Waals surface area (Å²) in [4.78, 5) is 10.8. The first-order valence-electron chi connectivity index (χ1n) is 5.01. The number of hydrogen-bond acceptors (Lipinski definition) is 3. The van der Waals surface area contributed by atoms with Crippen LogP contribution in [-0.2, 0) is 9.53 Å². The third kappa shape index (κ3) is 4.10. The predicted molar refractivity (Wildman–Crippen MR) is 65.3 cm³/mol. The van der Waals surface area contributed by atoms with Gasteiger partial charge in [0.15, 0.2) is 17.4 Å². The lowest BCUT2D eigenvalue weighted by molar-refractivity contribution is -0.134. The fourth-order valence-electron chi connectivity index (χ4n) is 1.15. The van der Waals surface area contributed by atoms with Crippen molar-refractivity contribution < 1.29 is 23.0 Å². The lowest BCUT2D eigenvalue weighted by Gasteiger charge is -2.12. The summed E-state index contributed by atoms with van der Waals surface area (Å²) < 4.78 is 36.6. The second kappa shape index (κ2) is 6.49. The van der Waals surface area contributed by atoms with Crippen molar-refractivity contribution in [2.24, 2.45) is 0 Å². The number of carbonyl (C=O) groups is 1. The van der Waals surface area contributed by atoms with Gasteiger partial charge in [-0.1, -0.05) is 15.9 Å². The molecule has 18 heavy (non-hydrogen) atoms. The molecule has 0 aliphatic heterocycles. The van der Waals surface area contributed by atoms with Gasteiger partial charge in [-0.15, -0.1) is 0 Å². The van der Waals surface area contributed by atoms with Gasteiger partial charge in [0, 0.05) is 10.5 Å². The lowest BCUT2D eigenvalue weighted by Crippen LogP contribution is -2.11. The van der Waals surface area contributed by atoms with E-state index in [4.69, 9.17) is 4.74 Å². The van der Waals surface area contributed by atoms with Gasteiger partial charge in [0.05, 0.1) is 7.11 Å². The summed E-state index contributed by atoms with van der Waals surface area (Å²) >= 11 is 2.96. The summed E-state index contributed by atoms with van der Waals surface area (Å²) in [5.41, 5.74) is 0. The molecule has 0 aliphatic rings. The van der Waals surface area contributed by atoms with Crippen LogP contribution in [0.5, 0.6) is 5.75 Å². The van der Waals surface area contributed by atoms with Gasteiger partial charge in [-0.25, -0.2) is 13.6 Å². The summed E-state index contributed by atoms with van der Waals surface area (Å²) in [6.07, 6.45) is 1.79. The molecule has 6 heteroatoms. The number of hydrogen-bond donors (Lipinski definition) is 0. The monoisotopic (exact) mass is 320 g/mol. The van der Waals surface area contributed by atoms with E-state index >= 15 is 0 Å². The number of halogens is 3. The average molecular weight is 321 g/mol. The third-order valence-electron chi connectivity index (χ3n) is 1.97. The Labute approximate surface area is 112 Å². The summed E-state index contributed by atoms with van der Waals surface area (Å²) in [5, 5.41) is 0. The molecule has 98 valence electrons. The van der Waals surface area contributed by atoms with Gasteiger partial charge in [-0.2, -0.15) is 0 Å². The largest absolute Gasteiger partial charge is 0.481 e. The SMILES string of the molecule is COC(=O)/C=C\C(C)Oc1c(F)cc(Br)cc1F. The summed E-state index contributed by atoms with van der Waals surface area (Å²) in [7, 11) is 1.23. The van der Waals surface area contributed by atoms with E-state index in [1.54, 1.807) is 6.92 Å². The maximum atomic E-state index is 13.4. The second-order valence-corrected chi connectivity index (χ2v) is 4.32. The third-order valence-corrected chi connectivity index (χ3v) is 2.43. The highest BCUT2D eigenvalue weighted by Crippen LogP contribution is 2.26. The highest BCUT2D eigenvalue weighted by atomic mass is 79.9. The molecule has 0 saturated heterocycles. The number of rotatable bonds is 4. The van der Waals surface area contributed by atoms with Gasteiger partial charge in [0.1, 0.15) is 6.10 Å². The summed E-state index contributed by atoms with van der Waals surface area (Å²) in [6.45, 7) is 1.54. The second-order valence-electron chi connectivity index (χ2n) is 3.40. The van der Waals surface area contributed by atoms with Crippen LogP contribution in [0.1, 0.15) is 6.92 Å². The summed E-state index contributed by atoms with van der Waals surface area (Å²) in [6, 6.07) is 2.18. The van der Waals surface area contributed by atoms with E-state index in [1.807, 2.05) is 0 Å². The zero-order valence-electron chi connectivity index (χ0n) is 9.75. The topological polar surface area (TPSA) is 35.5 Å². The van der Waals surface area contributed by atoms with Crippen LogP contribution in [0.15, 0.2) is 28.8 Å². The first-order valence-corrected chi connectivity index (χ1v) is 5.80. The zero-order chi connectivity index (χ0) is 13.7. The zero-order valence-corrected chi connectivity index (χ0v) is 11.3. The summed E-state index contributed by atoms with van der Waals surface area (Å²) in [5.74, 6) is -2.69. The molecule has 0 heterocycles. The standard InChI is InChI=1S/C12H11BrF2O3/c1-7(3-4-11(16)17-2)18-12-9(14)5-8(13)6-10(12)15/h3-7H,1-2H3/b4-3-. The molecule has 0 spiro atoms. The minimum Gasteiger partial charge on any atom is -0.481 e. The molecule has 1 atom stereocenters. The molecule has 0 fully saturated rings. The van der Waals surface area contributed by atoms with Crippen LogP contribution in [0.4, 0.5) is 8.78 Å². The molecular weight excluding hydrogens is 310 g/mol. The molecule has 0 aliphatic carbocycles. The molecule has 0 aromatic heterocycles. The van der Waals surface area contributed by atoms with Crippen LogP contribution in [-0.4, -0.2) is 19.2 Å². The van der Waals surface area contributed by atoms with Crippen molar-refractivity contribution in [2.45, 2.75) is 13.0 Å². The first kappa shape index (κ1) is 14.6. The van der Waals surface area contributed by atoms with Crippen molar-refractivity contribution >= 4 is 21.9 Å². The predicted octanol–water partition coefficient (Wildman–Crippen LogP) is 3.22. The Morgan fingerprint density at radius 1 is 1.39 bits per heavy atom. The van der Waals surface area contributed by atoms with Crippen LogP contribution in [0, 0.1) is 11.6 Å². The van der Waals surface area contributed by atoms with Crippen molar-refractivity contribution in [1.29, 1.82) is 0 Å². The van der Waals surface area contributed by atoms with Gasteiger partial charge < -0.3 is 9.47 Å². The molecular formula is C12H11BrF2O3. The molecule has 0 amide bonds. The van der Waals surface area contributed by atoms with Crippen LogP contribution >= 0.6 is 15.9 Å². The normalized spacial score (nSPS) is 12.5. The molecule has 1 unspecified atom stereocenters. The van der Waals surface area contributed by atoms with Crippen molar-refractivity contribution in [3.8, 4) is 5.75 Å². The van der Waals surface area contributed by atoms with Gasteiger partial charge in [0.25, 0.3) is 0 Å². The maximum Gasteiger partial charge on any atom is 0.330 e. The minimum absolute atomic E-state index is 0.280. The lowest BCUT2D eigenvalue weighted by atomic mass is 10.3. The fourth-order valence-corrected chi connectivity index (χ4v) is 1.55. The molecule has 0 radical (unpaired) electrons. The highest BCUT2D eigenvalue weighted by molar-refractivity contribution is 9.10.